The van der Waals surface area contributed by atoms with Gasteiger partial charge in [0, 0.05) is 35.8 Å². The van der Waals surface area contributed by atoms with E-state index < -0.39 is 0 Å². The number of aldehydes is 1. The number of carbonyl (C=O) groups is 1. The number of anilines is 1. The molecule has 134 valence electrons. The van der Waals surface area contributed by atoms with Crippen LogP contribution in [0.3, 0.4) is 0 Å². The summed E-state index contributed by atoms with van der Waals surface area (Å²) in [6, 6.07) is 13.8. The maximum absolute atomic E-state index is 11.3. The van der Waals surface area contributed by atoms with Crippen molar-refractivity contribution in [1.29, 1.82) is 0 Å². The number of aromatic nitrogens is 3. The summed E-state index contributed by atoms with van der Waals surface area (Å²) in [5.41, 5.74) is 5.19. The predicted octanol–water partition coefficient (Wildman–Crippen LogP) is 3.33. The van der Waals surface area contributed by atoms with Crippen LogP contribution in [0.1, 0.15) is 10.5 Å². The second-order valence-electron chi connectivity index (χ2n) is 5.72. The number of pyridine rings is 1. The molecule has 3 rings (SSSR count). The van der Waals surface area contributed by atoms with Crippen molar-refractivity contribution in [3.05, 3.63) is 54.4 Å². The minimum Gasteiger partial charge on any atom is -0.330 e. The molecule has 2 aromatic heterocycles. The van der Waals surface area contributed by atoms with Crippen molar-refractivity contribution in [2.75, 3.05) is 24.6 Å². The van der Waals surface area contributed by atoms with Gasteiger partial charge >= 0.3 is 0 Å². The van der Waals surface area contributed by atoms with Gasteiger partial charge in [0.15, 0.2) is 6.29 Å². The summed E-state index contributed by atoms with van der Waals surface area (Å²) in [6.45, 7) is 1.39. The summed E-state index contributed by atoms with van der Waals surface area (Å²) in [5.74, 6) is 0. The molecule has 0 spiro atoms. The molecule has 1 aromatic carbocycles. The second kappa shape index (κ2) is 8.64. The Morgan fingerprint density at radius 2 is 2.00 bits per heavy atom. The van der Waals surface area contributed by atoms with Gasteiger partial charge < -0.3 is 10.0 Å². The fourth-order valence-electron chi connectivity index (χ4n) is 2.67. The first-order chi connectivity index (χ1) is 12.7. The van der Waals surface area contributed by atoms with E-state index in [-0.39, 0.29) is 0 Å². The van der Waals surface area contributed by atoms with E-state index in [1.54, 1.807) is 22.8 Å². The van der Waals surface area contributed by atoms with Crippen LogP contribution >= 0.6 is 11.9 Å². The van der Waals surface area contributed by atoms with Crippen LogP contribution in [0.4, 0.5) is 5.69 Å². The first-order valence-corrected chi connectivity index (χ1v) is 9.51. The fraction of sp³-hybridized carbons (Fsp3) is 0.211. The lowest BCUT2D eigenvalue weighted by Crippen LogP contribution is -2.17. The number of hydrogen-bond donors (Lipinski definition) is 2. The van der Waals surface area contributed by atoms with Gasteiger partial charge in [-0.2, -0.15) is 5.10 Å². The van der Waals surface area contributed by atoms with Crippen molar-refractivity contribution in [3.8, 4) is 22.5 Å². The molecule has 0 aliphatic heterocycles. The third-order valence-electron chi connectivity index (χ3n) is 3.94. The number of rotatable bonds is 8. The van der Waals surface area contributed by atoms with Gasteiger partial charge in [0.1, 0.15) is 5.69 Å². The quantitative estimate of drug-likeness (QED) is 0.470. The monoisotopic (exact) mass is 367 g/mol. The third-order valence-corrected chi connectivity index (χ3v) is 4.38. The molecule has 7 heteroatoms. The van der Waals surface area contributed by atoms with E-state index in [0.717, 1.165) is 41.0 Å². The zero-order valence-electron chi connectivity index (χ0n) is 14.8. The minimum atomic E-state index is 0.569. The highest BCUT2D eigenvalue weighted by Crippen LogP contribution is 2.26. The van der Waals surface area contributed by atoms with E-state index in [0.29, 0.717) is 12.2 Å². The Hall–Kier alpha value is -2.64. The first kappa shape index (κ1) is 18.2. The molecule has 0 atom stereocenters. The van der Waals surface area contributed by atoms with E-state index in [9.17, 15) is 4.79 Å². The van der Waals surface area contributed by atoms with E-state index in [1.807, 2.05) is 49.7 Å². The van der Waals surface area contributed by atoms with Gasteiger partial charge in [0.05, 0.1) is 17.9 Å². The van der Waals surface area contributed by atoms with Crippen molar-refractivity contribution in [3.63, 3.8) is 0 Å². The number of benzene rings is 1. The SMILES string of the molecule is CNCCn1nc(-c2ccnc(-c3cccc(NSC)c3)c2)cc1C=O. The van der Waals surface area contributed by atoms with E-state index in [1.165, 1.54) is 0 Å². The molecule has 26 heavy (non-hydrogen) atoms. The molecule has 3 aromatic rings. The smallest absolute Gasteiger partial charge is 0.168 e. The Morgan fingerprint density at radius 3 is 2.77 bits per heavy atom. The van der Waals surface area contributed by atoms with Gasteiger partial charge in [-0.3, -0.25) is 14.5 Å². The van der Waals surface area contributed by atoms with Crippen molar-refractivity contribution < 1.29 is 4.79 Å². The number of nitrogens with one attached hydrogen (secondary N) is 2. The van der Waals surface area contributed by atoms with Crippen molar-refractivity contribution in [2.24, 2.45) is 0 Å². The van der Waals surface area contributed by atoms with Gasteiger partial charge in [0.25, 0.3) is 0 Å². The second-order valence-corrected chi connectivity index (χ2v) is 6.33. The zero-order chi connectivity index (χ0) is 18.4. The summed E-state index contributed by atoms with van der Waals surface area (Å²) >= 11 is 1.55. The van der Waals surface area contributed by atoms with Crippen LogP contribution in [0.5, 0.6) is 0 Å². The average molecular weight is 367 g/mol. The Bertz CT molecular complexity index is 893. The van der Waals surface area contributed by atoms with Crippen molar-refractivity contribution in [1.82, 2.24) is 20.1 Å². The molecule has 0 radical (unpaired) electrons. The average Bonchev–Trinajstić information content (AvgIpc) is 3.10. The molecular formula is C19H21N5OS. The van der Waals surface area contributed by atoms with Crippen LogP contribution in [-0.2, 0) is 6.54 Å². The largest absolute Gasteiger partial charge is 0.330 e. The highest BCUT2D eigenvalue weighted by molar-refractivity contribution is 7.99. The number of hydrogen-bond acceptors (Lipinski definition) is 6. The van der Waals surface area contributed by atoms with Gasteiger partial charge in [-0.25, -0.2) is 0 Å². The zero-order valence-corrected chi connectivity index (χ0v) is 15.6. The van der Waals surface area contributed by atoms with Crippen LogP contribution < -0.4 is 10.0 Å². The van der Waals surface area contributed by atoms with Crippen LogP contribution in [0.25, 0.3) is 22.5 Å². The number of nitrogens with zero attached hydrogens (tertiary/aromatic N) is 3. The molecule has 0 fully saturated rings. The van der Waals surface area contributed by atoms with Crippen LogP contribution in [0, 0.1) is 0 Å². The first-order valence-electron chi connectivity index (χ1n) is 8.28. The van der Waals surface area contributed by atoms with E-state index >= 15 is 0 Å². The maximum Gasteiger partial charge on any atom is 0.168 e. The number of carbonyl (C=O) groups excluding carboxylic acids is 1. The topological polar surface area (TPSA) is 71.8 Å². The van der Waals surface area contributed by atoms with Crippen LogP contribution in [0.15, 0.2) is 48.7 Å². The summed E-state index contributed by atoms with van der Waals surface area (Å²) in [5, 5.41) is 7.64. The molecule has 2 N–H and O–H groups in total. The Labute approximate surface area is 157 Å². The van der Waals surface area contributed by atoms with Crippen LogP contribution in [-0.4, -0.2) is 40.9 Å². The lowest BCUT2D eigenvalue weighted by Gasteiger charge is -2.06. The molecule has 0 amide bonds. The Morgan fingerprint density at radius 1 is 1.15 bits per heavy atom. The van der Waals surface area contributed by atoms with Gasteiger partial charge in [-0.15, -0.1) is 0 Å². The molecule has 0 bridgehead atoms. The van der Waals surface area contributed by atoms with E-state index in [4.69, 9.17) is 0 Å². The van der Waals surface area contributed by atoms with Gasteiger partial charge in [-0.1, -0.05) is 24.1 Å². The molecule has 0 unspecified atom stereocenters. The lowest BCUT2D eigenvalue weighted by molar-refractivity contribution is 0.111. The van der Waals surface area contributed by atoms with Crippen molar-refractivity contribution >= 4 is 23.9 Å². The molecule has 0 aliphatic rings. The maximum atomic E-state index is 11.3. The summed E-state index contributed by atoms with van der Waals surface area (Å²) in [4.78, 5) is 15.8. The summed E-state index contributed by atoms with van der Waals surface area (Å²) < 4.78 is 4.95. The molecule has 6 nitrogen and oxygen atoms in total. The molecule has 0 saturated carbocycles. The molecule has 0 saturated heterocycles. The highest BCUT2D eigenvalue weighted by Gasteiger charge is 2.10. The lowest BCUT2D eigenvalue weighted by atomic mass is 10.1. The Balaban J connectivity index is 1.93. The van der Waals surface area contributed by atoms with Crippen LogP contribution in [0.2, 0.25) is 0 Å². The fourth-order valence-corrected chi connectivity index (χ4v) is 3.03. The van der Waals surface area contributed by atoms with Crippen molar-refractivity contribution in [2.45, 2.75) is 6.54 Å². The summed E-state index contributed by atoms with van der Waals surface area (Å²) in [7, 11) is 1.88. The van der Waals surface area contributed by atoms with Gasteiger partial charge in [0.2, 0.25) is 0 Å². The predicted molar refractivity (Wildman–Crippen MR) is 107 cm³/mol. The van der Waals surface area contributed by atoms with E-state index in [2.05, 4.69) is 26.2 Å². The number of likely N-dealkylation sites (N-methyl/N-ethyl adjacent to an activating group) is 1. The minimum absolute atomic E-state index is 0.569. The van der Waals surface area contributed by atoms with Gasteiger partial charge in [-0.05, 0) is 37.4 Å². The molecule has 0 aliphatic carbocycles. The normalized spacial score (nSPS) is 10.7. The highest BCUT2D eigenvalue weighted by atomic mass is 32.2. The third kappa shape index (κ3) is 4.12. The Kier molecular flexibility index (Phi) is 6.04. The molecule has 2 heterocycles. The molecular weight excluding hydrogens is 346 g/mol. The standard InChI is InChI=1S/C19H21N5OS/c1-20-8-9-24-17(13-25)12-19(22-24)15-6-7-21-18(11-15)14-4-3-5-16(10-14)23-26-2/h3-7,10-13,20,23H,8-9H2,1-2H3. The summed E-state index contributed by atoms with van der Waals surface area (Å²) in [6.07, 6.45) is 4.60.